The molecule has 2 rings (SSSR count). The highest BCUT2D eigenvalue weighted by Crippen LogP contribution is 2.27. The van der Waals surface area contributed by atoms with E-state index in [-0.39, 0.29) is 5.97 Å². The lowest BCUT2D eigenvalue weighted by molar-refractivity contribution is 0.0601. The van der Waals surface area contributed by atoms with E-state index < -0.39 is 0 Å². The van der Waals surface area contributed by atoms with Crippen LogP contribution >= 0.6 is 11.6 Å². The zero-order valence-corrected chi connectivity index (χ0v) is 10.1. The monoisotopic (exact) mass is 251 g/mol. The molecule has 0 spiro atoms. The maximum Gasteiger partial charge on any atom is 0.337 e. The second-order valence-corrected chi connectivity index (χ2v) is 3.77. The van der Waals surface area contributed by atoms with Gasteiger partial charge in [-0.3, -0.25) is 0 Å². The van der Waals surface area contributed by atoms with Gasteiger partial charge in [0.15, 0.2) is 0 Å². The molecule has 0 aliphatic rings. The van der Waals surface area contributed by atoms with E-state index in [1.165, 1.54) is 14.2 Å². The third-order valence-corrected chi connectivity index (χ3v) is 2.57. The van der Waals surface area contributed by atoms with Crippen LogP contribution in [0.2, 0.25) is 5.15 Å². The first-order valence-corrected chi connectivity index (χ1v) is 5.26. The SMILES string of the molecule is COC(=O)c1ccc2c(OC)nc(Cl)cc2c1. The lowest BCUT2D eigenvalue weighted by Crippen LogP contribution is -2.01. The third kappa shape index (κ3) is 2.17. The summed E-state index contributed by atoms with van der Waals surface area (Å²) >= 11 is 5.86. The first kappa shape index (κ1) is 11.7. The molecule has 0 atom stereocenters. The molecule has 0 aliphatic carbocycles. The Morgan fingerprint density at radius 3 is 2.71 bits per heavy atom. The minimum Gasteiger partial charge on any atom is -0.481 e. The van der Waals surface area contributed by atoms with Crippen molar-refractivity contribution in [3.8, 4) is 5.88 Å². The predicted octanol–water partition coefficient (Wildman–Crippen LogP) is 2.68. The Kier molecular flexibility index (Phi) is 3.15. The van der Waals surface area contributed by atoms with Crippen molar-refractivity contribution in [2.45, 2.75) is 0 Å². The van der Waals surface area contributed by atoms with Crippen molar-refractivity contribution >= 4 is 28.3 Å². The van der Waals surface area contributed by atoms with Gasteiger partial charge < -0.3 is 9.47 Å². The molecule has 0 aliphatic heterocycles. The summed E-state index contributed by atoms with van der Waals surface area (Å²) in [5, 5.41) is 1.89. The van der Waals surface area contributed by atoms with Crippen molar-refractivity contribution in [2.75, 3.05) is 14.2 Å². The number of halogens is 1. The van der Waals surface area contributed by atoms with Gasteiger partial charge in [0.05, 0.1) is 19.8 Å². The summed E-state index contributed by atoms with van der Waals surface area (Å²) in [6.07, 6.45) is 0. The van der Waals surface area contributed by atoms with Crippen LogP contribution in [-0.4, -0.2) is 25.2 Å². The van der Waals surface area contributed by atoms with Crippen LogP contribution in [0.25, 0.3) is 10.8 Å². The number of hydrogen-bond donors (Lipinski definition) is 0. The number of nitrogens with zero attached hydrogens (tertiary/aromatic N) is 1. The summed E-state index contributed by atoms with van der Waals surface area (Å²) in [6.45, 7) is 0. The molecule has 1 aromatic heterocycles. The van der Waals surface area contributed by atoms with Crippen LogP contribution in [0, 0.1) is 0 Å². The van der Waals surface area contributed by atoms with Crippen molar-refractivity contribution in [3.63, 3.8) is 0 Å². The minimum absolute atomic E-state index is 0.316. The predicted molar refractivity (Wildman–Crippen MR) is 64.6 cm³/mol. The van der Waals surface area contributed by atoms with E-state index >= 15 is 0 Å². The molecule has 0 fully saturated rings. The Morgan fingerprint density at radius 1 is 1.29 bits per heavy atom. The van der Waals surface area contributed by atoms with Gasteiger partial charge in [-0.05, 0) is 29.7 Å². The number of esters is 1. The van der Waals surface area contributed by atoms with Crippen molar-refractivity contribution in [2.24, 2.45) is 0 Å². The fraction of sp³-hybridized carbons (Fsp3) is 0.167. The highest BCUT2D eigenvalue weighted by molar-refractivity contribution is 6.30. The Hall–Kier alpha value is -1.81. The Morgan fingerprint density at radius 2 is 2.06 bits per heavy atom. The van der Waals surface area contributed by atoms with E-state index in [2.05, 4.69) is 9.72 Å². The van der Waals surface area contributed by atoms with Crippen molar-refractivity contribution in [1.82, 2.24) is 4.98 Å². The van der Waals surface area contributed by atoms with Crippen LogP contribution in [0.3, 0.4) is 0 Å². The van der Waals surface area contributed by atoms with E-state index in [0.29, 0.717) is 16.6 Å². The van der Waals surface area contributed by atoms with Crippen LogP contribution in [0.1, 0.15) is 10.4 Å². The number of methoxy groups -OCH3 is 2. The molecular weight excluding hydrogens is 242 g/mol. The van der Waals surface area contributed by atoms with Crippen LogP contribution < -0.4 is 4.74 Å². The molecule has 0 bridgehead atoms. The first-order chi connectivity index (χ1) is 8.15. The maximum absolute atomic E-state index is 11.4. The fourth-order valence-corrected chi connectivity index (χ4v) is 1.79. The summed E-state index contributed by atoms with van der Waals surface area (Å²) in [6, 6.07) is 6.78. The van der Waals surface area contributed by atoms with Crippen LogP contribution in [0.5, 0.6) is 5.88 Å². The number of aromatic nitrogens is 1. The van der Waals surface area contributed by atoms with Gasteiger partial charge >= 0.3 is 5.97 Å². The van der Waals surface area contributed by atoms with Crippen molar-refractivity contribution in [3.05, 3.63) is 35.0 Å². The third-order valence-electron chi connectivity index (χ3n) is 2.38. The molecule has 5 heteroatoms. The topological polar surface area (TPSA) is 48.4 Å². The number of pyridine rings is 1. The van der Waals surface area contributed by atoms with Crippen LogP contribution in [-0.2, 0) is 4.74 Å². The number of ether oxygens (including phenoxy) is 2. The lowest BCUT2D eigenvalue weighted by atomic mass is 10.1. The van der Waals surface area contributed by atoms with Crippen LogP contribution in [0.15, 0.2) is 24.3 Å². The molecule has 88 valence electrons. The molecule has 0 N–H and O–H groups in total. The van der Waals surface area contributed by atoms with E-state index in [1.807, 2.05) is 0 Å². The molecule has 17 heavy (non-hydrogen) atoms. The molecule has 0 amide bonds. The molecule has 0 saturated heterocycles. The Bertz CT molecular complexity index is 583. The highest BCUT2D eigenvalue weighted by Gasteiger charge is 2.10. The molecule has 4 nitrogen and oxygen atoms in total. The quantitative estimate of drug-likeness (QED) is 0.608. The van der Waals surface area contributed by atoms with Gasteiger partial charge in [0, 0.05) is 5.39 Å². The summed E-state index contributed by atoms with van der Waals surface area (Å²) in [5.41, 5.74) is 0.462. The molecule has 0 unspecified atom stereocenters. The normalized spacial score (nSPS) is 10.3. The van der Waals surface area contributed by atoms with Gasteiger partial charge in [0.1, 0.15) is 5.15 Å². The summed E-state index contributed by atoms with van der Waals surface area (Å²) in [7, 11) is 2.86. The smallest absolute Gasteiger partial charge is 0.337 e. The van der Waals surface area contributed by atoms with E-state index in [4.69, 9.17) is 16.3 Å². The molecular formula is C12H10ClNO3. The summed E-state index contributed by atoms with van der Waals surface area (Å²) < 4.78 is 9.78. The molecule has 0 radical (unpaired) electrons. The van der Waals surface area contributed by atoms with Crippen molar-refractivity contribution in [1.29, 1.82) is 0 Å². The van der Waals surface area contributed by atoms with Gasteiger partial charge in [0.25, 0.3) is 0 Å². The number of carbonyl (C=O) groups is 1. The Labute approximate surface area is 103 Å². The number of hydrogen-bond acceptors (Lipinski definition) is 4. The second kappa shape index (κ2) is 4.59. The average molecular weight is 252 g/mol. The van der Waals surface area contributed by atoms with Crippen molar-refractivity contribution < 1.29 is 14.3 Å². The Balaban J connectivity index is 2.65. The number of benzene rings is 1. The molecule has 0 saturated carbocycles. The standard InChI is InChI=1S/C12H10ClNO3/c1-16-11-9-4-3-7(12(15)17-2)5-8(9)6-10(13)14-11/h3-6H,1-2H3. The number of carbonyl (C=O) groups excluding carboxylic acids is 1. The van der Waals surface area contributed by atoms with E-state index in [9.17, 15) is 4.79 Å². The molecule has 1 aromatic carbocycles. The zero-order valence-electron chi connectivity index (χ0n) is 9.36. The van der Waals surface area contributed by atoms with Gasteiger partial charge in [-0.15, -0.1) is 0 Å². The summed E-state index contributed by atoms with van der Waals surface area (Å²) in [4.78, 5) is 15.4. The first-order valence-electron chi connectivity index (χ1n) is 4.88. The summed E-state index contributed by atoms with van der Waals surface area (Å²) in [5.74, 6) is 0.0442. The highest BCUT2D eigenvalue weighted by atomic mass is 35.5. The van der Waals surface area contributed by atoms with E-state index in [1.54, 1.807) is 24.3 Å². The van der Waals surface area contributed by atoms with Crippen LogP contribution in [0.4, 0.5) is 0 Å². The largest absolute Gasteiger partial charge is 0.481 e. The van der Waals surface area contributed by atoms with E-state index in [0.717, 1.165) is 10.8 Å². The maximum atomic E-state index is 11.4. The van der Waals surface area contributed by atoms with Gasteiger partial charge in [-0.2, -0.15) is 0 Å². The van der Waals surface area contributed by atoms with Gasteiger partial charge in [0.2, 0.25) is 5.88 Å². The minimum atomic E-state index is -0.390. The fourth-order valence-electron chi connectivity index (χ4n) is 1.60. The lowest BCUT2D eigenvalue weighted by Gasteiger charge is -2.06. The van der Waals surface area contributed by atoms with Gasteiger partial charge in [-0.25, -0.2) is 9.78 Å². The number of fused-ring (bicyclic) bond motifs is 1. The number of rotatable bonds is 2. The molecule has 1 heterocycles. The second-order valence-electron chi connectivity index (χ2n) is 3.38. The zero-order chi connectivity index (χ0) is 12.4. The average Bonchev–Trinajstić information content (AvgIpc) is 2.35. The van der Waals surface area contributed by atoms with Gasteiger partial charge in [-0.1, -0.05) is 11.6 Å². The molecule has 2 aromatic rings.